The molecule has 0 saturated heterocycles. The molecule has 0 radical (unpaired) electrons. The Bertz CT molecular complexity index is 211. The van der Waals surface area contributed by atoms with Crippen molar-refractivity contribution in [1.82, 2.24) is 0 Å². The summed E-state index contributed by atoms with van der Waals surface area (Å²) < 4.78 is 25.6. The Morgan fingerprint density at radius 1 is 1.50 bits per heavy atom. The molecule has 0 aliphatic heterocycles. The fraction of sp³-hybridized carbons (Fsp3) is 1.00. The smallest absolute Gasteiger partial charge is 0.264 e. The van der Waals surface area contributed by atoms with E-state index >= 15 is 0 Å². The minimum atomic E-state index is -3.30. The Kier molecular flexibility index (Phi) is 1.98. The maximum atomic E-state index is 10.5. The lowest BCUT2D eigenvalue weighted by atomic mass is 9.90. The maximum absolute atomic E-state index is 10.5. The van der Waals surface area contributed by atoms with Gasteiger partial charge in [0.25, 0.3) is 10.1 Å². The Morgan fingerprint density at radius 3 is 2.20 bits per heavy atom. The van der Waals surface area contributed by atoms with Crippen LogP contribution in [0.15, 0.2) is 0 Å². The molecule has 1 aliphatic carbocycles. The summed E-state index contributed by atoms with van der Waals surface area (Å²) in [6.07, 6.45) is 2.39. The molecule has 0 spiro atoms. The van der Waals surface area contributed by atoms with Crippen LogP contribution in [0, 0.1) is 0 Å². The molecule has 5 heteroatoms. The van der Waals surface area contributed by atoms with Gasteiger partial charge >= 0.3 is 0 Å². The molecular weight excluding hydrogens is 154 g/mol. The molecule has 0 aromatic heterocycles. The molecule has 1 aliphatic rings. The molecule has 10 heavy (non-hydrogen) atoms. The topological polar surface area (TPSA) is 69.4 Å². The van der Waals surface area contributed by atoms with Crippen LogP contribution in [-0.4, -0.2) is 26.8 Å². The van der Waals surface area contributed by atoms with Crippen LogP contribution in [-0.2, 0) is 14.3 Å². The van der Waals surface area contributed by atoms with E-state index in [2.05, 4.69) is 4.18 Å². The van der Waals surface area contributed by atoms with Crippen LogP contribution in [0.25, 0.3) is 0 Å². The highest BCUT2D eigenvalue weighted by Crippen LogP contribution is 2.22. The highest BCUT2D eigenvalue weighted by atomic mass is 32.2. The summed E-state index contributed by atoms with van der Waals surface area (Å²) in [6, 6.07) is -0.0882. The first-order valence-corrected chi connectivity index (χ1v) is 4.94. The molecule has 1 rings (SSSR count). The van der Waals surface area contributed by atoms with Gasteiger partial charge in [-0.15, -0.1) is 0 Å². The fourth-order valence-electron chi connectivity index (χ4n) is 0.839. The van der Waals surface area contributed by atoms with Gasteiger partial charge in [-0.3, -0.25) is 4.18 Å². The van der Waals surface area contributed by atoms with Crippen molar-refractivity contribution >= 4 is 10.1 Å². The van der Waals surface area contributed by atoms with Gasteiger partial charge in [0.1, 0.15) is 0 Å². The van der Waals surface area contributed by atoms with E-state index in [0.717, 1.165) is 19.1 Å². The largest absolute Gasteiger partial charge is 0.325 e. The molecule has 0 amide bonds. The lowest BCUT2D eigenvalue weighted by Crippen LogP contribution is -2.46. The van der Waals surface area contributed by atoms with Gasteiger partial charge in [-0.1, -0.05) is 0 Å². The minimum absolute atomic E-state index is 0.0882. The van der Waals surface area contributed by atoms with E-state index in [4.69, 9.17) is 5.73 Å². The molecule has 60 valence electrons. The number of hydrogen-bond acceptors (Lipinski definition) is 4. The van der Waals surface area contributed by atoms with Crippen molar-refractivity contribution in [1.29, 1.82) is 0 Å². The van der Waals surface area contributed by atoms with Crippen molar-refractivity contribution in [3.05, 3.63) is 0 Å². The third-order valence-electron chi connectivity index (χ3n) is 1.56. The lowest BCUT2D eigenvalue weighted by molar-refractivity contribution is 0.101. The molecule has 2 atom stereocenters. The molecule has 2 N–H and O–H groups in total. The van der Waals surface area contributed by atoms with Gasteiger partial charge < -0.3 is 5.73 Å². The Labute approximate surface area is 60.5 Å². The van der Waals surface area contributed by atoms with Gasteiger partial charge in [-0.25, -0.2) is 0 Å². The summed E-state index contributed by atoms with van der Waals surface area (Å²) in [5.41, 5.74) is 5.44. The second kappa shape index (κ2) is 2.48. The molecule has 1 fully saturated rings. The summed E-state index contributed by atoms with van der Waals surface area (Å²) in [5, 5.41) is 0. The lowest BCUT2D eigenvalue weighted by Gasteiger charge is -2.31. The van der Waals surface area contributed by atoms with Crippen LogP contribution >= 0.6 is 0 Å². The summed E-state index contributed by atoms with van der Waals surface area (Å²) in [7, 11) is -3.30. The van der Waals surface area contributed by atoms with Gasteiger partial charge in [0, 0.05) is 6.04 Å². The molecular formula is C5H11NO3S. The van der Waals surface area contributed by atoms with Crippen molar-refractivity contribution in [3.63, 3.8) is 0 Å². The van der Waals surface area contributed by atoms with E-state index in [0.29, 0.717) is 0 Å². The van der Waals surface area contributed by atoms with E-state index in [9.17, 15) is 8.42 Å². The Balaban J connectivity index is 2.40. The second-order valence-electron chi connectivity index (χ2n) is 2.58. The Hall–Kier alpha value is -0.130. The van der Waals surface area contributed by atoms with Crippen molar-refractivity contribution in [3.8, 4) is 0 Å². The van der Waals surface area contributed by atoms with E-state index < -0.39 is 10.1 Å². The van der Waals surface area contributed by atoms with E-state index in [1.807, 2.05) is 0 Å². The SMILES string of the molecule is CS(=O)(=O)OC1CCC1N. The highest BCUT2D eigenvalue weighted by Gasteiger charge is 2.31. The molecule has 0 heterocycles. The Morgan fingerprint density at radius 2 is 2.10 bits per heavy atom. The van der Waals surface area contributed by atoms with E-state index in [-0.39, 0.29) is 12.1 Å². The zero-order chi connectivity index (χ0) is 7.78. The van der Waals surface area contributed by atoms with Gasteiger partial charge in [0.05, 0.1) is 12.4 Å². The molecule has 0 aromatic rings. The monoisotopic (exact) mass is 165 g/mol. The van der Waals surface area contributed by atoms with E-state index in [1.54, 1.807) is 0 Å². The number of nitrogens with two attached hydrogens (primary N) is 1. The standard InChI is InChI=1S/C5H11NO3S/c1-10(7,8)9-5-3-2-4(5)6/h4-5H,2-3,6H2,1H3. The normalized spacial score (nSPS) is 33.4. The van der Waals surface area contributed by atoms with Gasteiger partial charge in [-0.05, 0) is 12.8 Å². The number of rotatable bonds is 2. The average Bonchev–Trinajstić information content (AvgIpc) is 1.78. The first-order chi connectivity index (χ1) is 4.49. The van der Waals surface area contributed by atoms with Crippen molar-refractivity contribution < 1.29 is 12.6 Å². The second-order valence-corrected chi connectivity index (χ2v) is 4.18. The van der Waals surface area contributed by atoms with Crippen LogP contribution < -0.4 is 5.73 Å². The van der Waals surface area contributed by atoms with E-state index in [1.165, 1.54) is 0 Å². The molecule has 1 saturated carbocycles. The van der Waals surface area contributed by atoms with Crippen LogP contribution in [0.4, 0.5) is 0 Å². The van der Waals surface area contributed by atoms with Crippen molar-refractivity contribution in [2.24, 2.45) is 5.73 Å². The zero-order valence-electron chi connectivity index (χ0n) is 5.78. The molecule has 2 unspecified atom stereocenters. The first kappa shape index (κ1) is 7.97. The molecule has 4 nitrogen and oxygen atoms in total. The third kappa shape index (κ3) is 1.93. The van der Waals surface area contributed by atoms with Crippen LogP contribution in [0.3, 0.4) is 0 Å². The predicted molar refractivity (Wildman–Crippen MR) is 36.9 cm³/mol. The summed E-state index contributed by atoms with van der Waals surface area (Å²) >= 11 is 0. The van der Waals surface area contributed by atoms with Crippen LogP contribution in [0.5, 0.6) is 0 Å². The quantitative estimate of drug-likeness (QED) is 0.557. The zero-order valence-corrected chi connectivity index (χ0v) is 6.60. The summed E-state index contributed by atoms with van der Waals surface area (Å²) in [5.74, 6) is 0. The maximum Gasteiger partial charge on any atom is 0.264 e. The van der Waals surface area contributed by atoms with Crippen molar-refractivity contribution in [2.75, 3.05) is 6.26 Å². The van der Waals surface area contributed by atoms with Crippen LogP contribution in [0.1, 0.15) is 12.8 Å². The molecule has 0 aromatic carbocycles. The number of hydrogen-bond donors (Lipinski definition) is 1. The highest BCUT2D eigenvalue weighted by molar-refractivity contribution is 7.86. The molecule has 0 bridgehead atoms. The predicted octanol–water partition coefficient (Wildman–Crippen LogP) is -0.548. The minimum Gasteiger partial charge on any atom is -0.325 e. The average molecular weight is 165 g/mol. The third-order valence-corrected chi connectivity index (χ3v) is 2.16. The van der Waals surface area contributed by atoms with Gasteiger partial charge in [0.15, 0.2) is 0 Å². The van der Waals surface area contributed by atoms with Crippen LogP contribution in [0.2, 0.25) is 0 Å². The van der Waals surface area contributed by atoms with Gasteiger partial charge in [0.2, 0.25) is 0 Å². The van der Waals surface area contributed by atoms with Gasteiger partial charge in [-0.2, -0.15) is 8.42 Å². The summed E-state index contributed by atoms with van der Waals surface area (Å²) in [4.78, 5) is 0. The fourth-order valence-corrected chi connectivity index (χ4v) is 1.53. The first-order valence-electron chi connectivity index (χ1n) is 3.13. The summed E-state index contributed by atoms with van der Waals surface area (Å²) in [6.45, 7) is 0. The van der Waals surface area contributed by atoms with Crippen molar-refractivity contribution in [2.45, 2.75) is 25.0 Å².